The minimum atomic E-state index is -0.0154. The molecular formula is C14H17NO2. The fraction of sp³-hybridized carbons (Fsp3) is 0.357. The molecule has 1 aromatic heterocycles. The monoisotopic (exact) mass is 231 g/mol. The van der Waals surface area contributed by atoms with Crippen LogP contribution < -0.4 is 10.3 Å². The molecule has 2 aromatic rings. The van der Waals surface area contributed by atoms with Gasteiger partial charge >= 0.3 is 0 Å². The fourth-order valence-corrected chi connectivity index (χ4v) is 2.01. The highest BCUT2D eigenvalue weighted by molar-refractivity contribution is 5.81. The third-order valence-electron chi connectivity index (χ3n) is 3.01. The first kappa shape index (κ1) is 11.7. The lowest BCUT2D eigenvalue weighted by molar-refractivity contribution is 0.412. The minimum Gasteiger partial charge on any atom is -0.496 e. The topological polar surface area (TPSA) is 42.1 Å². The first-order valence-corrected chi connectivity index (χ1v) is 5.74. The standard InChI is InChI=1S/C14H17NO2/c1-8(2)11-6-10-5-9(3)13(17-4)7-12(10)15-14(11)16/h5-8H,1-4H3,(H,15,16). The molecule has 0 saturated carbocycles. The van der Waals surface area contributed by atoms with Gasteiger partial charge in [0, 0.05) is 11.6 Å². The van der Waals surface area contributed by atoms with Crippen molar-refractivity contribution >= 4 is 10.9 Å². The summed E-state index contributed by atoms with van der Waals surface area (Å²) in [5.74, 6) is 1.02. The second kappa shape index (κ2) is 4.24. The number of aromatic nitrogens is 1. The van der Waals surface area contributed by atoms with Gasteiger partial charge < -0.3 is 9.72 Å². The van der Waals surface area contributed by atoms with Crippen LogP contribution in [0.1, 0.15) is 30.9 Å². The average molecular weight is 231 g/mol. The summed E-state index contributed by atoms with van der Waals surface area (Å²) < 4.78 is 5.25. The summed E-state index contributed by atoms with van der Waals surface area (Å²) in [6.07, 6.45) is 0. The van der Waals surface area contributed by atoms with E-state index in [2.05, 4.69) is 4.98 Å². The van der Waals surface area contributed by atoms with Crippen molar-refractivity contribution in [3.63, 3.8) is 0 Å². The Hall–Kier alpha value is -1.77. The molecule has 0 fully saturated rings. The van der Waals surface area contributed by atoms with Gasteiger partial charge in [0.1, 0.15) is 5.75 Å². The first-order valence-electron chi connectivity index (χ1n) is 5.74. The van der Waals surface area contributed by atoms with Gasteiger partial charge in [0.15, 0.2) is 0 Å². The SMILES string of the molecule is COc1cc2[nH]c(=O)c(C(C)C)cc2cc1C. The number of nitrogens with one attached hydrogen (secondary N) is 1. The number of pyridine rings is 1. The molecule has 17 heavy (non-hydrogen) atoms. The number of aromatic amines is 1. The highest BCUT2D eigenvalue weighted by Gasteiger charge is 2.08. The Balaban J connectivity index is 2.75. The maximum atomic E-state index is 11.9. The Morgan fingerprint density at radius 3 is 2.53 bits per heavy atom. The largest absolute Gasteiger partial charge is 0.496 e. The molecular weight excluding hydrogens is 214 g/mol. The summed E-state index contributed by atoms with van der Waals surface area (Å²) in [5, 5.41) is 1.05. The van der Waals surface area contributed by atoms with Crippen molar-refractivity contribution in [2.24, 2.45) is 0 Å². The van der Waals surface area contributed by atoms with Crippen molar-refractivity contribution in [3.05, 3.63) is 39.7 Å². The normalized spacial score (nSPS) is 11.1. The summed E-state index contributed by atoms with van der Waals surface area (Å²) in [4.78, 5) is 14.8. The lowest BCUT2D eigenvalue weighted by Crippen LogP contribution is -2.13. The van der Waals surface area contributed by atoms with Crippen LogP contribution in [-0.4, -0.2) is 12.1 Å². The van der Waals surface area contributed by atoms with Gasteiger partial charge in [-0.3, -0.25) is 4.79 Å². The quantitative estimate of drug-likeness (QED) is 0.863. The van der Waals surface area contributed by atoms with Crippen LogP contribution in [0.2, 0.25) is 0 Å². The van der Waals surface area contributed by atoms with E-state index in [4.69, 9.17) is 4.74 Å². The molecule has 0 aliphatic carbocycles. The molecule has 2 rings (SSSR count). The number of H-pyrrole nitrogens is 1. The van der Waals surface area contributed by atoms with Crippen LogP contribution in [0.15, 0.2) is 23.0 Å². The molecule has 0 bridgehead atoms. The van der Waals surface area contributed by atoms with Crippen molar-refractivity contribution in [2.75, 3.05) is 7.11 Å². The van der Waals surface area contributed by atoms with E-state index < -0.39 is 0 Å². The number of ether oxygens (including phenoxy) is 1. The molecule has 0 amide bonds. The Bertz CT molecular complexity index is 611. The zero-order valence-electron chi connectivity index (χ0n) is 10.6. The van der Waals surface area contributed by atoms with E-state index in [1.54, 1.807) is 7.11 Å². The van der Waals surface area contributed by atoms with Gasteiger partial charge in [0.25, 0.3) is 5.56 Å². The van der Waals surface area contributed by atoms with E-state index in [-0.39, 0.29) is 11.5 Å². The number of fused-ring (bicyclic) bond motifs is 1. The van der Waals surface area contributed by atoms with Crippen LogP contribution in [0.5, 0.6) is 5.75 Å². The van der Waals surface area contributed by atoms with E-state index >= 15 is 0 Å². The van der Waals surface area contributed by atoms with Crippen LogP contribution >= 0.6 is 0 Å². The predicted molar refractivity (Wildman–Crippen MR) is 69.9 cm³/mol. The Labute approximate surface area is 100 Å². The number of hydrogen-bond acceptors (Lipinski definition) is 2. The van der Waals surface area contributed by atoms with Gasteiger partial charge in [0.05, 0.1) is 12.6 Å². The van der Waals surface area contributed by atoms with E-state index in [1.165, 1.54) is 0 Å². The molecule has 3 heteroatoms. The van der Waals surface area contributed by atoms with Gasteiger partial charge in [-0.15, -0.1) is 0 Å². The summed E-state index contributed by atoms with van der Waals surface area (Å²) in [5.41, 5.74) is 2.70. The van der Waals surface area contributed by atoms with E-state index in [9.17, 15) is 4.79 Å². The molecule has 0 aliphatic rings. The maximum Gasteiger partial charge on any atom is 0.251 e. The van der Waals surface area contributed by atoms with Gasteiger partial charge in [-0.05, 0) is 35.9 Å². The fourth-order valence-electron chi connectivity index (χ4n) is 2.01. The molecule has 0 saturated heterocycles. The lowest BCUT2D eigenvalue weighted by atomic mass is 10.0. The van der Waals surface area contributed by atoms with Gasteiger partial charge in [0.2, 0.25) is 0 Å². The molecule has 1 aromatic carbocycles. The van der Waals surface area contributed by atoms with Gasteiger partial charge in [-0.1, -0.05) is 13.8 Å². The Morgan fingerprint density at radius 2 is 1.94 bits per heavy atom. The molecule has 1 N–H and O–H groups in total. The lowest BCUT2D eigenvalue weighted by Gasteiger charge is -2.09. The Kier molecular flexibility index (Phi) is 2.92. The highest BCUT2D eigenvalue weighted by Crippen LogP contribution is 2.24. The zero-order chi connectivity index (χ0) is 12.6. The maximum absolute atomic E-state index is 11.9. The number of methoxy groups -OCH3 is 1. The predicted octanol–water partition coefficient (Wildman–Crippen LogP) is 2.97. The summed E-state index contributed by atoms with van der Waals surface area (Å²) in [6.45, 7) is 6.04. The number of benzene rings is 1. The second-order valence-electron chi connectivity index (χ2n) is 4.62. The van der Waals surface area contributed by atoms with Crippen molar-refractivity contribution in [1.29, 1.82) is 0 Å². The molecule has 0 aliphatic heterocycles. The van der Waals surface area contributed by atoms with Crippen molar-refractivity contribution in [1.82, 2.24) is 4.98 Å². The summed E-state index contributed by atoms with van der Waals surface area (Å²) >= 11 is 0. The van der Waals surface area contributed by atoms with Crippen LogP contribution in [0.3, 0.4) is 0 Å². The second-order valence-corrected chi connectivity index (χ2v) is 4.62. The van der Waals surface area contributed by atoms with Crippen LogP contribution in [0.4, 0.5) is 0 Å². The van der Waals surface area contributed by atoms with E-state index in [0.717, 1.165) is 27.8 Å². The molecule has 0 atom stereocenters. The molecule has 1 heterocycles. The van der Waals surface area contributed by atoms with Gasteiger partial charge in [-0.25, -0.2) is 0 Å². The molecule has 0 radical (unpaired) electrons. The van der Waals surface area contributed by atoms with Crippen molar-refractivity contribution < 1.29 is 4.74 Å². The number of aryl methyl sites for hydroxylation is 1. The molecule has 0 spiro atoms. The van der Waals surface area contributed by atoms with Crippen LogP contribution in [-0.2, 0) is 0 Å². The highest BCUT2D eigenvalue weighted by atomic mass is 16.5. The summed E-state index contributed by atoms with van der Waals surface area (Å²) in [6, 6.07) is 5.87. The van der Waals surface area contributed by atoms with E-state index in [1.807, 2.05) is 39.0 Å². The molecule has 3 nitrogen and oxygen atoms in total. The summed E-state index contributed by atoms with van der Waals surface area (Å²) in [7, 11) is 1.63. The number of hydrogen-bond donors (Lipinski definition) is 1. The van der Waals surface area contributed by atoms with Crippen molar-refractivity contribution in [2.45, 2.75) is 26.7 Å². The van der Waals surface area contributed by atoms with E-state index in [0.29, 0.717) is 0 Å². The Morgan fingerprint density at radius 1 is 1.24 bits per heavy atom. The number of rotatable bonds is 2. The molecule has 90 valence electrons. The average Bonchev–Trinajstić information content (AvgIpc) is 2.27. The van der Waals surface area contributed by atoms with Crippen LogP contribution in [0, 0.1) is 6.92 Å². The third-order valence-corrected chi connectivity index (χ3v) is 3.01. The molecule has 0 unspecified atom stereocenters. The van der Waals surface area contributed by atoms with Crippen molar-refractivity contribution in [3.8, 4) is 5.75 Å². The van der Waals surface area contributed by atoms with Crippen LogP contribution in [0.25, 0.3) is 10.9 Å². The van der Waals surface area contributed by atoms with Gasteiger partial charge in [-0.2, -0.15) is 0 Å². The smallest absolute Gasteiger partial charge is 0.251 e. The zero-order valence-corrected chi connectivity index (χ0v) is 10.6. The first-order chi connectivity index (χ1) is 8.02. The minimum absolute atomic E-state index is 0.0154. The third kappa shape index (κ3) is 2.05.